The van der Waals surface area contributed by atoms with E-state index < -0.39 is 29.3 Å². The lowest BCUT2D eigenvalue weighted by molar-refractivity contribution is -0.142. The monoisotopic (exact) mass is 443 g/mol. The fourth-order valence-electron chi connectivity index (χ4n) is 3.57. The molecule has 0 aromatic carbocycles. The van der Waals surface area contributed by atoms with Crippen LogP contribution in [0.1, 0.15) is 45.0 Å². The van der Waals surface area contributed by atoms with Crippen molar-refractivity contribution in [2.24, 2.45) is 0 Å². The number of nitrogens with zero attached hydrogens (tertiary/aromatic N) is 3. The molecular formula is C22H29N5O5. The van der Waals surface area contributed by atoms with Crippen LogP contribution in [-0.4, -0.2) is 58.4 Å². The topological polar surface area (TPSA) is 127 Å². The van der Waals surface area contributed by atoms with Gasteiger partial charge in [-0.1, -0.05) is 6.07 Å². The van der Waals surface area contributed by atoms with Crippen molar-refractivity contribution in [1.29, 1.82) is 0 Å². The maximum atomic E-state index is 13.3. The van der Waals surface area contributed by atoms with E-state index in [-0.39, 0.29) is 30.5 Å². The van der Waals surface area contributed by atoms with Crippen LogP contribution in [0.2, 0.25) is 0 Å². The standard InChI is InChI=1S/C22H29N5O5/c1-5-31-18(28)10-14-11-25-20(29)19(26-14)27(21(30)32-22(2,3)4)17-13-23-12-15(17)16-8-6-7-9-24-16/h6-9,11,15,17,23H,5,10,12-13H2,1-4H3,(H,25,29)/t15-,17+/m1/s1. The summed E-state index contributed by atoms with van der Waals surface area (Å²) in [7, 11) is 0. The Labute approximate surface area is 186 Å². The second-order valence-electron chi connectivity index (χ2n) is 8.46. The van der Waals surface area contributed by atoms with Crippen LogP contribution in [-0.2, 0) is 20.7 Å². The first-order chi connectivity index (χ1) is 15.2. The Morgan fingerprint density at radius 1 is 1.25 bits per heavy atom. The molecule has 1 amide bonds. The van der Waals surface area contributed by atoms with E-state index in [0.717, 1.165) is 5.69 Å². The zero-order valence-electron chi connectivity index (χ0n) is 18.8. The maximum Gasteiger partial charge on any atom is 0.416 e. The molecule has 1 aliphatic rings. The zero-order chi connectivity index (χ0) is 23.3. The summed E-state index contributed by atoms with van der Waals surface area (Å²) in [5.41, 5.74) is -0.269. The van der Waals surface area contributed by atoms with Crippen molar-refractivity contribution in [2.75, 3.05) is 24.6 Å². The lowest BCUT2D eigenvalue weighted by atomic mass is 9.97. The average molecular weight is 444 g/mol. The van der Waals surface area contributed by atoms with Gasteiger partial charge < -0.3 is 19.8 Å². The normalized spacial score (nSPS) is 18.2. The first-order valence-corrected chi connectivity index (χ1v) is 10.6. The molecule has 2 aromatic rings. The minimum atomic E-state index is -0.781. The van der Waals surface area contributed by atoms with Gasteiger partial charge >= 0.3 is 12.1 Å². The molecule has 2 N–H and O–H groups in total. The lowest BCUT2D eigenvalue weighted by Crippen LogP contribution is -2.49. The van der Waals surface area contributed by atoms with Crippen LogP contribution >= 0.6 is 0 Å². The van der Waals surface area contributed by atoms with Gasteiger partial charge in [0.1, 0.15) is 5.60 Å². The predicted molar refractivity (Wildman–Crippen MR) is 118 cm³/mol. The number of nitrogens with one attached hydrogen (secondary N) is 2. The SMILES string of the molecule is CCOC(=O)Cc1c[nH]c(=O)c(N(C(=O)OC(C)(C)C)[C@H]2CNC[C@@H]2c2ccccn2)n1. The Bertz CT molecular complexity index is 1000. The zero-order valence-corrected chi connectivity index (χ0v) is 18.8. The molecule has 1 saturated heterocycles. The first kappa shape index (κ1) is 23.4. The fourth-order valence-corrected chi connectivity index (χ4v) is 3.57. The van der Waals surface area contributed by atoms with Crippen molar-refractivity contribution >= 4 is 17.9 Å². The number of aromatic amines is 1. The van der Waals surface area contributed by atoms with E-state index in [1.54, 1.807) is 33.9 Å². The Balaban J connectivity index is 2.03. The molecule has 0 bridgehead atoms. The van der Waals surface area contributed by atoms with E-state index in [2.05, 4.69) is 20.3 Å². The molecule has 32 heavy (non-hydrogen) atoms. The van der Waals surface area contributed by atoms with Crippen LogP contribution in [0.5, 0.6) is 0 Å². The van der Waals surface area contributed by atoms with Crippen LogP contribution in [0.25, 0.3) is 0 Å². The van der Waals surface area contributed by atoms with Crippen molar-refractivity contribution < 1.29 is 19.1 Å². The van der Waals surface area contributed by atoms with Gasteiger partial charge in [-0.15, -0.1) is 0 Å². The van der Waals surface area contributed by atoms with Crippen molar-refractivity contribution in [1.82, 2.24) is 20.3 Å². The largest absolute Gasteiger partial charge is 0.466 e. The highest BCUT2D eigenvalue weighted by molar-refractivity contribution is 5.87. The molecule has 2 atom stereocenters. The predicted octanol–water partition coefficient (Wildman–Crippen LogP) is 1.77. The van der Waals surface area contributed by atoms with Crippen LogP contribution in [0.4, 0.5) is 10.6 Å². The third kappa shape index (κ3) is 5.70. The number of esters is 1. The Morgan fingerprint density at radius 3 is 2.69 bits per heavy atom. The van der Waals surface area contributed by atoms with Gasteiger partial charge in [0, 0.05) is 37.1 Å². The average Bonchev–Trinajstić information content (AvgIpc) is 3.19. The molecule has 0 saturated carbocycles. The number of carbonyl (C=O) groups is 2. The summed E-state index contributed by atoms with van der Waals surface area (Å²) in [6.45, 7) is 8.19. The number of ether oxygens (including phenoxy) is 2. The Kier molecular flexibility index (Phi) is 7.24. The molecule has 0 unspecified atom stereocenters. The lowest BCUT2D eigenvalue weighted by Gasteiger charge is -2.32. The van der Waals surface area contributed by atoms with E-state index in [1.807, 2.05) is 18.2 Å². The van der Waals surface area contributed by atoms with E-state index in [9.17, 15) is 14.4 Å². The summed E-state index contributed by atoms with van der Waals surface area (Å²) < 4.78 is 10.6. The second kappa shape index (κ2) is 9.90. The number of anilines is 1. The number of rotatable bonds is 6. The van der Waals surface area contributed by atoms with Crippen molar-refractivity contribution in [3.63, 3.8) is 0 Å². The molecule has 10 nitrogen and oxygen atoms in total. The van der Waals surface area contributed by atoms with E-state index in [1.165, 1.54) is 11.1 Å². The fraction of sp³-hybridized carbons (Fsp3) is 0.500. The molecule has 1 fully saturated rings. The Hall–Kier alpha value is -3.27. The van der Waals surface area contributed by atoms with Crippen molar-refractivity contribution in [3.05, 3.63) is 52.3 Å². The summed E-state index contributed by atoms with van der Waals surface area (Å²) in [4.78, 5) is 50.6. The van der Waals surface area contributed by atoms with Crippen molar-refractivity contribution in [3.8, 4) is 0 Å². The number of pyridine rings is 1. The molecule has 2 aromatic heterocycles. The number of H-pyrrole nitrogens is 1. The highest BCUT2D eigenvalue weighted by Gasteiger charge is 2.41. The van der Waals surface area contributed by atoms with Crippen LogP contribution in [0, 0.1) is 0 Å². The molecule has 0 radical (unpaired) electrons. The molecule has 1 aliphatic heterocycles. The third-order valence-corrected chi connectivity index (χ3v) is 4.85. The van der Waals surface area contributed by atoms with Crippen LogP contribution in [0.3, 0.4) is 0 Å². The van der Waals surface area contributed by atoms with E-state index in [4.69, 9.17) is 9.47 Å². The quantitative estimate of drug-likeness (QED) is 0.647. The summed E-state index contributed by atoms with van der Waals surface area (Å²) >= 11 is 0. The maximum absolute atomic E-state index is 13.3. The minimum absolute atomic E-state index is 0.129. The molecule has 3 rings (SSSR count). The van der Waals surface area contributed by atoms with Gasteiger partial charge in [0.15, 0.2) is 0 Å². The number of hydrogen-bond donors (Lipinski definition) is 2. The summed E-state index contributed by atoms with van der Waals surface area (Å²) in [5, 5.41) is 3.27. The first-order valence-electron chi connectivity index (χ1n) is 10.6. The molecule has 0 spiro atoms. The molecule has 0 aliphatic carbocycles. The van der Waals surface area contributed by atoms with Gasteiger partial charge in [0.05, 0.1) is 24.8 Å². The van der Waals surface area contributed by atoms with Gasteiger partial charge in [-0.3, -0.25) is 19.5 Å². The molecule has 10 heteroatoms. The molecule has 172 valence electrons. The van der Waals surface area contributed by atoms with Gasteiger partial charge in [-0.25, -0.2) is 9.78 Å². The Morgan fingerprint density at radius 2 is 2.03 bits per heavy atom. The highest BCUT2D eigenvalue weighted by atomic mass is 16.6. The van der Waals surface area contributed by atoms with E-state index in [0.29, 0.717) is 13.1 Å². The smallest absolute Gasteiger partial charge is 0.416 e. The summed E-state index contributed by atoms with van der Waals surface area (Å²) in [6.07, 6.45) is 2.21. The van der Waals surface area contributed by atoms with Crippen LogP contribution < -0.4 is 15.8 Å². The van der Waals surface area contributed by atoms with Gasteiger partial charge in [-0.2, -0.15) is 0 Å². The van der Waals surface area contributed by atoms with E-state index >= 15 is 0 Å². The molecular weight excluding hydrogens is 414 g/mol. The summed E-state index contributed by atoms with van der Waals surface area (Å²) in [6, 6.07) is 5.11. The minimum Gasteiger partial charge on any atom is -0.466 e. The summed E-state index contributed by atoms with van der Waals surface area (Å²) in [5.74, 6) is -0.787. The highest BCUT2D eigenvalue weighted by Crippen LogP contribution is 2.29. The number of amides is 1. The number of hydrogen-bond acceptors (Lipinski definition) is 8. The van der Waals surface area contributed by atoms with Gasteiger partial charge in [-0.05, 0) is 39.8 Å². The third-order valence-electron chi connectivity index (χ3n) is 4.85. The van der Waals surface area contributed by atoms with Crippen molar-refractivity contribution in [2.45, 2.75) is 51.7 Å². The second-order valence-corrected chi connectivity index (χ2v) is 8.46. The number of aromatic nitrogens is 3. The van der Waals surface area contributed by atoms with Gasteiger partial charge in [0.25, 0.3) is 5.56 Å². The van der Waals surface area contributed by atoms with Crippen LogP contribution in [0.15, 0.2) is 35.4 Å². The van der Waals surface area contributed by atoms with Gasteiger partial charge in [0.2, 0.25) is 5.82 Å². The number of carbonyl (C=O) groups excluding carboxylic acids is 2. The molecule has 3 heterocycles.